The molecule has 25 heavy (non-hydrogen) atoms. The Labute approximate surface area is 147 Å². The number of fused-ring (bicyclic) bond motifs is 1. The van der Waals surface area contributed by atoms with Crippen molar-refractivity contribution in [1.29, 1.82) is 0 Å². The van der Waals surface area contributed by atoms with Crippen LogP contribution in [-0.4, -0.2) is 19.2 Å². The molecule has 0 aliphatic rings. The molecule has 1 N–H and O–H groups in total. The van der Waals surface area contributed by atoms with Crippen molar-refractivity contribution in [3.8, 4) is 5.75 Å². The van der Waals surface area contributed by atoms with Gasteiger partial charge in [0.05, 0.1) is 24.3 Å². The lowest BCUT2D eigenvalue weighted by atomic mass is 10.2. The largest absolute Gasteiger partial charge is 0.497 e. The number of carbonyl (C=O) groups is 1. The van der Waals surface area contributed by atoms with Crippen LogP contribution in [0, 0.1) is 0 Å². The van der Waals surface area contributed by atoms with Crippen molar-refractivity contribution < 1.29 is 13.9 Å². The zero-order chi connectivity index (χ0) is 17.8. The van der Waals surface area contributed by atoms with Crippen molar-refractivity contribution in [3.05, 3.63) is 75.1 Å². The second-order valence-corrected chi connectivity index (χ2v) is 5.52. The molecule has 1 aromatic heterocycles. The Morgan fingerprint density at radius 1 is 1.24 bits per heavy atom. The molecule has 2 aromatic carbocycles. The van der Waals surface area contributed by atoms with Crippen LogP contribution in [0.25, 0.3) is 11.0 Å². The number of nitrogens with zero attached hydrogens (tertiary/aromatic N) is 1. The monoisotopic (exact) mass is 356 g/mol. The van der Waals surface area contributed by atoms with E-state index in [2.05, 4.69) is 10.5 Å². The number of hydrazone groups is 1. The number of hydrogen-bond acceptors (Lipinski definition) is 5. The van der Waals surface area contributed by atoms with Crippen LogP contribution in [0.2, 0.25) is 5.02 Å². The Kier molecular flexibility index (Phi) is 4.81. The van der Waals surface area contributed by atoms with Crippen LogP contribution in [-0.2, 0) is 0 Å². The van der Waals surface area contributed by atoms with Gasteiger partial charge in [0, 0.05) is 10.6 Å². The third-order valence-electron chi connectivity index (χ3n) is 3.48. The summed E-state index contributed by atoms with van der Waals surface area (Å²) in [6.45, 7) is 0. The third-order valence-corrected chi connectivity index (χ3v) is 3.72. The summed E-state index contributed by atoms with van der Waals surface area (Å²) >= 11 is 5.90. The first-order chi connectivity index (χ1) is 12.1. The number of amides is 1. The number of benzene rings is 2. The topological polar surface area (TPSA) is 80.9 Å². The van der Waals surface area contributed by atoms with Gasteiger partial charge in [-0.05, 0) is 42.5 Å². The fraction of sp³-hybridized carbons (Fsp3) is 0.0556. The van der Waals surface area contributed by atoms with Gasteiger partial charge in [-0.1, -0.05) is 11.6 Å². The highest BCUT2D eigenvalue weighted by Gasteiger charge is 2.07. The van der Waals surface area contributed by atoms with E-state index in [0.29, 0.717) is 27.3 Å². The molecule has 0 saturated carbocycles. The molecule has 0 unspecified atom stereocenters. The minimum absolute atomic E-state index is 0.199. The van der Waals surface area contributed by atoms with E-state index < -0.39 is 5.91 Å². The molecule has 1 amide bonds. The zero-order valence-corrected chi connectivity index (χ0v) is 13.9. The average molecular weight is 357 g/mol. The second kappa shape index (κ2) is 7.19. The van der Waals surface area contributed by atoms with Gasteiger partial charge < -0.3 is 9.15 Å². The SMILES string of the molecule is COc1ccc(C(=O)N/N=C\c2coc3ccc(Cl)cc3c2=O)cc1. The van der Waals surface area contributed by atoms with Gasteiger partial charge in [0.25, 0.3) is 5.91 Å². The molecule has 0 fully saturated rings. The van der Waals surface area contributed by atoms with Gasteiger partial charge in [0.2, 0.25) is 5.43 Å². The Balaban J connectivity index is 1.77. The van der Waals surface area contributed by atoms with Crippen molar-refractivity contribution in [2.45, 2.75) is 0 Å². The smallest absolute Gasteiger partial charge is 0.271 e. The first kappa shape index (κ1) is 16.7. The molecule has 0 atom stereocenters. The van der Waals surface area contributed by atoms with Gasteiger partial charge in [-0.25, -0.2) is 5.43 Å². The number of nitrogens with one attached hydrogen (secondary N) is 1. The fourth-order valence-electron chi connectivity index (χ4n) is 2.17. The molecule has 0 aliphatic carbocycles. The van der Waals surface area contributed by atoms with Crippen LogP contribution >= 0.6 is 11.6 Å². The molecule has 3 aromatic rings. The summed E-state index contributed by atoms with van der Waals surface area (Å²) in [5, 5.41) is 4.58. The summed E-state index contributed by atoms with van der Waals surface area (Å²) in [4.78, 5) is 24.4. The minimum atomic E-state index is -0.410. The van der Waals surface area contributed by atoms with Gasteiger partial charge in [-0.2, -0.15) is 5.10 Å². The highest BCUT2D eigenvalue weighted by molar-refractivity contribution is 6.31. The summed E-state index contributed by atoms with van der Waals surface area (Å²) in [6, 6.07) is 11.3. The van der Waals surface area contributed by atoms with Crippen molar-refractivity contribution in [2.24, 2.45) is 5.10 Å². The molecule has 0 spiro atoms. The molecular weight excluding hydrogens is 344 g/mol. The van der Waals surface area contributed by atoms with Gasteiger partial charge in [0.15, 0.2) is 0 Å². The Bertz CT molecular complexity index is 1010. The summed E-state index contributed by atoms with van der Waals surface area (Å²) < 4.78 is 10.4. The van der Waals surface area contributed by atoms with Crippen LogP contribution in [0.4, 0.5) is 0 Å². The molecular formula is C18H13ClN2O4. The van der Waals surface area contributed by atoms with Crippen LogP contribution in [0.1, 0.15) is 15.9 Å². The molecule has 0 aliphatic heterocycles. The average Bonchev–Trinajstić information content (AvgIpc) is 2.64. The number of hydrogen-bond donors (Lipinski definition) is 1. The van der Waals surface area contributed by atoms with E-state index in [1.165, 1.54) is 18.5 Å². The maximum Gasteiger partial charge on any atom is 0.271 e. The van der Waals surface area contributed by atoms with E-state index in [1.807, 2.05) is 0 Å². The lowest BCUT2D eigenvalue weighted by molar-refractivity contribution is 0.0955. The third kappa shape index (κ3) is 3.70. The Hall–Kier alpha value is -3.12. The Morgan fingerprint density at radius 2 is 2.00 bits per heavy atom. The molecule has 1 heterocycles. The van der Waals surface area contributed by atoms with E-state index in [9.17, 15) is 9.59 Å². The number of halogens is 1. The molecule has 7 heteroatoms. The molecule has 0 bridgehead atoms. The minimum Gasteiger partial charge on any atom is -0.497 e. The first-order valence-electron chi connectivity index (χ1n) is 7.27. The molecule has 0 radical (unpaired) electrons. The van der Waals surface area contributed by atoms with Crippen molar-refractivity contribution in [1.82, 2.24) is 5.43 Å². The predicted octanol–water partition coefficient (Wildman–Crippen LogP) is 3.22. The predicted molar refractivity (Wildman–Crippen MR) is 95.5 cm³/mol. The maximum absolute atomic E-state index is 12.4. The van der Waals surface area contributed by atoms with Gasteiger partial charge in [-0.15, -0.1) is 0 Å². The van der Waals surface area contributed by atoms with Crippen molar-refractivity contribution in [2.75, 3.05) is 7.11 Å². The summed E-state index contributed by atoms with van der Waals surface area (Å²) in [5.41, 5.74) is 3.10. The van der Waals surface area contributed by atoms with E-state index >= 15 is 0 Å². The highest BCUT2D eigenvalue weighted by atomic mass is 35.5. The number of ether oxygens (including phenoxy) is 1. The van der Waals surface area contributed by atoms with E-state index in [4.69, 9.17) is 20.8 Å². The van der Waals surface area contributed by atoms with E-state index in [1.54, 1.807) is 43.5 Å². The first-order valence-corrected chi connectivity index (χ1v) is 7.65. The quantitative estimate of drug-likeness (QED) is 0.575. The normalized spacial score (nSPS) is 11.0. The lowest BCUT2D eigenvalue weighted by Crippen LogP contribution is -2.18. The van der Waals surface area contributed by atoms with E-state index in [0.717, 1.165) is 0 Å². The summed E-state index contributed by atoms with van der Waals surface area (Å²) in [7, 11) is 1.54. The Morgan fingerprint density at radius 3 is 2.72 bits per heavy atom. The van der Waals surface area contributed by atoms with Crippen LogP contribution in [0.15, 0.2) is 63.0 Å². The maximum atomic E-state index is 12.4. The number of methoxy groups -OCH3 is 1. The van der Waals surface area contributed by atoms with E-state index in [-0.39, 0.29) is 11.0 Å². The van der Waals surface area contributed by atoms with Crippen LogP contribution in [0.5, 0.6) is 5.75 Å². The van der Waals surface area contributed by atoms with Crippen LogP contribution < -0.4 is 15.6 Å². The zero-order valence-electron chi connectivity index (χ0n) is 13.2. The van der Waals surface area contributed by atoms with Gasteiger partial charge in [0.1, 0.15) is 17.6 Å². The molecule has 126 valence electrons. The van der Waals surface area contributed by atoms with Crippen LogP contribution in [0.3, 0.4) is 0 Å². The van der Waals surface area contributed by atoms with Crippen molar-refractivity contribution in [3.63, 3.8) is 0 Å². The van der Waals surface area contributed by atoms with Crippen molar-refractivity contribution >= 4 is 34.7 Å². The van der Waals surface area contributed by atoms with Gasteiger partial charge in [-0.3, -0.25) is 9.59 Å². The number of carbonyl (C=O) groups excluding carboxylic acids is 1. The molecule has 6 nitrogen and oxygen atoms in total. The standard InChI is InChI=1S/C18H13ClN2O4/c1-24-14-5-2-11(3-6-14)18(23)21-20-9-12-10-25-16-7-4-13(19)8-15(16)17(12)22/h2-10H,1H3,(H,21,23)/b20-9-. The fourth-order valence-corrected chi connectivity index (χ4v) is 2.35. The summed E-state index contributed by atoms with van der Waals surface area (Å²) in [5.74, 6) is 0.236. The number of rotatable bonds is 4. The highest BCUT2D eigenvalue weighted by Crippen LogP contribution is 2.16. The molecule has 0 saturated heterocycles. The second-order valence-electron chi connectivity index (χ2n) is 5.09. The lowest BCUT2D eigenvalue weighted by Gasteiger charge is -2.02. The molecule has 3 rings (SSSR count). The van der Waals surface area contributed by atoms with Gasteiger partial charge >= 0.3 is 0 Å². The summed E-state index contributed by atoms with van der Waals surface area (Å²) in [6.07, 6.45) is 2.51.